The van der Waals surface area contributed by atoms with Crippen LogP contribution in [0.5, 0.6) is 11.5 Å². The number of benzene rings is 3. The average Bonchev–Trinajstić information content (AvgIpc) is 3.14. The van der Waals surface area contributed by atoms with Crippen LogP contribution in [-0.4, -0.2) is 19.0 Å². The summed E-state index contributed by atoms with van der Waals surface area (Å²) in [7, 11) is 1.58. The maximum Gasteiger partial charge on any atom is 0.363 e. The highest BCUT2D eigenvalue weighted by Crippen LogP contribution is 2.36. The van der Waals surface area contributed by atoms with Crippen LogP contribution in [0.4, 0.5) is 0 Å². The minimum absolute atomic E-state index is 0.218. The molecule has 8 heteroatoms. The van der Waals surface area contributed by atoms with Crippen molar-refractivity contribution in [3.05, 3.63) is 95.6 Å². The summed E-state index contributed by atoms with van der Waals surface area (Å²) in [4.78, 5) is 16.8. The zero-order valence-electron chi connectivity index (χ0n) is 16.8. The number of cyclic esters (lactones) is 1. The Morgan fingerprint density at radius 2 is 1.78 bits per heavy atom. The molecule has 4 rings (SSSR count). The topological polar surface area (TPSA) is 57.1 Å². The van der Waals surface area contributed by atoms with Crippen LogP contribution >= 0.6 is 54.5 Å². The van der Waals surface area contributed by atoms with Gasteiger partial charge in [0, 0.05) is 14.5 Å². The van der Waals surface area contributed by atoms with E-state index in [0.717, 1.165) is 23.6 Å². The molecule has 1 aliphatic heterocycles. The van der Waals surface area contributed by atoms with Crippen LogP contribution in [0.3, 0.4) is 0 Å². The molecule has 0 atom stereocenters. The molecule has 0 aromatic heterocycles. The van der Waals surface area contributed by atoms with Crippen molar-refractivity contribution in [3.8, 4) is 11.5 Å². The standard InChI is InChI=1S/C24H16Br2INO4/c1-30-21-12-14(10-19(27)22(21)31-13-15-6-2-4-8-17(15)25)11-20-24(29)32-23(28-20)16-7-3-5-9-18(16)26/h2-12H,13H2,1H3/b20-11-. The van der Waals surface area contributed by atoms with Crippen molar-refractivity contribution in [3.63, 3.8) is 0 Å². The Bertz CT molecular complexity index is 1260. The summed E-state index contributed by atoms with van der Waals surface area (Å²) in [5, 5.41) is 0. The predicted molar refractivity (Wildman–Crippen MR) is 139 cm³/mol. The second-order valence-corrected chi connectivity index (χ2v) is 9.60. The van der Waals surface area contributed by atoms with E-state index in [1.165, 1.54) is 0 Å². The lowest BCUT2D eigenvalue weighted by Gasteiger charge is -2.14. The molecule has 1 aliphatic rings. The third kappa shape index (κ3) is 5.07. The predicted octanol–water partition coefficient (Wildman–Crippen LogP) is 6.75. The van der Waals surface area contributed by atoms with Gasteiger partial charge in [0.25, 0.3) is 0 Å². The molecule has 162 valence electrons. The lowest BCUT2D eigenvalue weighted by Crippen LogP contribution is -2.05. The van der Waals surface area contributed by atoms with Crippen molar-refractivity contribution >= 4 is 72.4 Å². The Morgan fingerprint density at radius 1 is 1.06 bits per heavy atom. The maximum absolute atomic E-state index is 12.4. The van der Waals surface area contributed by atoms with Gasteiger partial charge >= 0.3 is 5.97 Å². The lowest BCUT2D eigenvalue weighted by atomic mass is 10.1. The molecule has 0 spiro atoms. The van der Waals surface area contributed by atoms with Gasteiger partial charge in [0.05, 0.1) is 16.2 Å². The number of hydrogen-bond donors (Lipinski definition) is 0. The summed E-state index contributed by atoms with van der Waals surface area (Å²) in [5.41, 5.74) is 2.71. The summed E-state index contributed by atoms with van der Waals surface area (Å²) in [5.74, 6) is 0.970. The molecule has 0 saturated heterocycles. The van der Waals surface area contributed by atoms with Gasteiger partial charge in [-0.05, 0) is 80.5 Å². The number of carbonyl (C=O) groups excluding carboxylic acids is 1. The van der Waals surface area contributed by atoms with Gasteiger partial charge in [-0.2, -0.15) is 0 Å². The molecule has 1 heterocycles. The van der Waals surface area contributed by atoms with Crippen LogP contribution in [0.2, 0.25) is 0 Å². The first-order chi connectivity index (χ1) is 15.5. The van der Waals surface area contributed by atoms with Gasteiger partial charge in [-0.15, -0.1) is 0 Å². The summed E-state index contributed by atoms with van der Waals surface area (Å²) >= 11 is 9.19. The molecular weight excluding hydrogens is 653 g/mol. The minimum atomic E-state index is -0.501. The monoisotopic (exact) mass is 667 g/mol. The molecule has 32 heavy (non-hydrogen) atoms. The third-order valence-corrected chi connectivity index (χ3v) is 6.88. The first-order valence-electron chi connectivity index (χ1n) is 9.47. The van der Waals surface area contributed by atoms with E-state index in [0.29, 0.717) is 23.7 Å². The second kappa shape index (κ2) is 10.2. The smallest absolute Gasteiger partial charge is 0.363 e. The van der Waals surface area contributed by atoms with Crippen molar-refractivity contribution < 1.29 is 19.0 Å². The molecular formula is C24H16Br2INO4. The fraction of sp³-hybridized carbons (Fsp3) is 0.0833. The average molecular weight is 669 g/mol. The lowest BCUT2D eigenvalue weighted by molar-refractivity contribution is -0.129. The fourth-order valence-corrected chi connectivity index (χ4v) is 4.68. The zero-order valence-corrected chi connectivity index (χ0v) is 22.1. The van der Waals surface area contributed by atoms with Crippen LogP contribution in [-0.2, 0) is 16.1 Å². The van der Waals surface area contributed by atoms with E-state index in [-0.39, 0.29) is 11.6 Å². The first-order valence-corrected chi connectivity index (χ1v) is 12.1. The molecule has 0 aliphatic carbocycles. The van der Waals surface area contributed by atoms with Gasteiger partial charge in [-0.3, -0.25) is 0 Å². The number of aliphatic imine (C=N–C) groups is 1. The minimum Gasteiger partial charge on any atom is -0.493 e. The Labute approximate surface area is 215 Å². The molecule has 3 aromatic carbocycles. The Kier molecular flexibility index (Phi) is 7.32. The normalized spacial score (nSPS) is 14.3. The molecule has 0 amide bonds. The summed E-state index contributed by atoms with van der Waals surface area (Å²) in [6.45, 7) is 0.389. The largest absolute Gasteiger partial charge is 0.493 e. The number of hydrogen-bond acceptors (Lipinski definition) is 5. The SMILES string of the molecule is COc1cc(/C=C2\N=C(c3ccccc3Br)OC2=O)cc(I)c1OCc1ccccc1Br. The second-order valence-electron chi connectivity index (χ2n) is 6.73. The fourth-order valence-electron chi connectivity index (χ4n) is 3.05. The Morgan fingerprint density at radius 3 is 2.50 bits per heavy atom. The number of halogens is 3. The van der Waals surface area contributed by atoms with E-state index in [1.54, 1.807) is 13.2 Å². The number of carbonyl (C=O) groups is 1. The van der Waals surface area contributed by atoms with Crippen LogP contribution in [0, 0.1) is 3.57 Å². The Balaban J connectivity index is 1.61. The number of ether oxygens (including phenoxy) is 3. The van der Waals surface area contributed by atoms with Crippen molar-refractivity contribution in [2.45, 2.75) is 6.61 Å². The molecule has 0 bridgehead atoms. The third-order valence-electron chi connectivity index (χ3n) is 4.61. The van der Waals surface area contributed by atoms with E-state index in [1.807, 2.05) is 60.7 Å². The van der Waals surface area contributed by atoms with Crippen molar-refractivity contribution in [2.24, 2.45) is 4.99 Å². The van der Waals surface area contributed by atoms with Crippen molar-refractivity contribution in [1.29, 1.82) is 0 Å². The molecule has 0 saturated carbocycles. The highest BCUT2D eigenvalue weighted by atomic mass is 127. The summed E-state index contributed by atoms with van der Waals surface area (Å²) < 4.78 is 19.6. The quantitative estimate of drug-likeness (QED) is 0.166. The van der Waals surface area contributed by atoms with Crippen LogP contribution < -0.4 is 9.47 Å². The van der Waals surface area contributed by atoms with E-state index in [9.17, 15) is 4.79 Å². The molecule has 0 unspecified atom stereocenters. The van der Waals surface area contributed by atoms with E-state index < -0.39 is 5.97 Å². The molecule has 0 radical (unpaired) electrons. The van der Waals surface area contributed by atoms with Gasteiger partial charge in [0.1, 0.15) is 6.61 Å². The maximum atomic E-state index is 12.4. The zero-order chi connectivity index (χ0) is 22.7. The van der Waals surface area contributed by atoms with Gasteiger partial charge in [0.2, 0.25) is 5.90 Å². The number of methoxy groups -OCH3 is 1. The van der Waals surface area contributed by atoms with Gasteiger partial charge < -0.3 is 14.2 Å². The number of rotatable bonds is 6. The van der Waals surface area contributed by atoms with Crippen molar-refractivity contribution in [2.75, 3.05) is 7.11 Å². The van der Waals surface area contributed by atoms with Gasteiger partial charge in [0.15, 0.2) is 17.2 Å². The molecule has 0 fully saturated rings. The van der Waals surface area contributed by atoms with Crippen LogP contribution in [0.1, 0.15) is 16.7 Å². The van der Waals surface area contributed by atoms with E-state index in [2.05, 4.69) is 59.4 Å². The molecule has 0 N–H and O–H groups in total. The molecule has 5 nitrogen and oxygen atoms in total. The highest BCUT2D eigenvalue weighted by Gasteiger charge is 2.25. The van der Waals surface area contributed by atoms with Crippen LogP contribution in [0.25, 0.3) is 6.08 Å². The molecule has 3 aromatic rings. The van der Waals surface area contributed by atoms with E-state index >= 15 is 0 Å². The Hall–Kier alpha value is -2.17. The van der Waals surface area contributed by atoms with Gasteiger partial charge in [-0.25, -0.2) is 9.79 Å². The first kappa shape index (κ1) is 23.0. The summed E-state index contributed by atoms with van der Waals surface area (Å²) in [6, 6.07) is 19.1. The summed E-state index contributed by atoms with van der Waals surface area (Å²) in [6.07, 6.45) is 1.68. The highest BCUT2D eigenvalue weighted by molar-refractivity contribution is 14.1. The van der Waals surface area contributed by atoms with Crippen molar-refractivity contribution in [1.82, 2.24) is 0 Å². The van der Waals surface area contributed by atoms with E-state index in [4.69, 9.17) is 14.2 Å². The van der Waals surface area contributed by atoms with Crippen LogP contribution in [0.15, 0.2) is 80.3 Å². The number of esters is 1. The van der Waals surface area contributed by atoms with Gasteiger partial charge in [-0.1, -0.05) is 46.3 Å². The number of nitrogens with zero attached hydrogens (tertiary/aromatic N) is 1.